The minimum absolute atomic E-state index is 0.137. The predicted molar refractivity (Wildman–Crippen MR) is 185 cm³/mol. The Balaban J connectivity index is 1.50. The van der Waals surface area contributed by atoms with E-state index in [2.05, 4.69) is 20.4 Å². The third kappa shape index (κ3) is 6.98. The second-order valence-corrected chi connectivity index (χ2v) is 14.1. The molecule has 2 atom stereocenters. The van der Waals surface area contributed by atoms with Gasteiger partial charge in [0.25, 0.3) is 11.1 Å². The van der Waals surface area contributed by atoms with E-state index in [1.54, 1.807) is 37.5 Å². The maximum absolute atomic E-state index is 15.1. The number of aromatic nitrogens is 4. The lowest BCUT2D eigenvalue weighted by atomic mass is 10.2. The number of thiazole rings is 1. The van der Waals surface area contributed by atoms with E-state index in [1.165, 1.54) is 41.6 Å². The van der Waals surface area contributed by atoms with Crippen molar-refractivity contribution >= 4 is 75.9 Å². The van der Waals surface area contributed by atoms with Crippen molar-refractivity contribution in [2.24, 2.45) is 0 Å². The molecule has 0 aliphatic rings. The molecule has 1 amide bonds. The third-order valence-electron chi connectivity index (χ3n) is 6.99. The molecule has 0 fully saturated rings. The van der Waals surface area contributed by atoms with Crippen molar-refractivity contribution in [2.75, 3.05) is 14.2 Å². The number of carbonyl (C=O) groups excluding carboxylic acids is 2. The number of hydrogen-bond donors (Lipinski definition) is 2. The van der Waals surface area contributed by atoms with Gasteiger partial charge in [0.1, 0.15) is 6.04 Å². The van der Waals surface area contributed by atoms with Gasteiger partial charge in [-0.15, -0.1) is 0 Å². The van der Waals surface area contributed by atoms with Crippen molar-refractivity contribution in [1.82, 2.24) is 29.9 Å². The second kappa shape index (κ2) is 13.9. The van der Waals surface area contributed by atoms with Crippen LogP contribution in [0.25, 0.3) is 33.3 Å². The number of esters is 1. The van der Waals surface area contributed by atoms with Crippen molar-refractivity contribution in [3.8, 4) is 5.19 Å². The fraction of sp³-hybridized carbons (Fsp3) is 0.121. The van der Waals surface area contributed by atoms with Crippen LogP contribution in [0, 0.1) is 0 Å². The minimum atomic E-state index is -4.24. The monoisotopic (exact) mass is 684 g/mol. The van der Waals surface area contributed by atoms with Crippen LogP contribution in [0.3, 0.4) is 0 Å². The summed E-state index contributed by atoms with van der Waals surface area (Å²) in [5, 5.41) is 11.1. The van der Waals surface area contributed by atoms with Crippen LogP contribution in [0.5, 0.6) is 5.19 Å². The Labute approximate surface area is 278 Å². The van der Waals surface area contributed by atoms with E-state index in [0.717, 1.165) is 14.5 Å². The molecule has 6 rings (SSSR count). The lowest BCUT2D eigenvalue weighted by molar-refractivity contribution is -0.142. The first kappa shape index (κ1) is 32.1. The van der Waals surface area contributed by atoms with Crippen LogP contribution >= 0.6 is 30.8 Å². The van der Waals surface area contributed by atoms with Crippen molar-refractivity contribution in [2.45, 2.75) is 22.8 Å². The van der Waals surface area contributed by atoms with E-state index >= 15 is 4.57 Å². The topological polar surface area (TPSA) is 137 Å². The fourth-order valence-corrected chi connectivity index (χ4v) is 8.60. The van der Waals surface area contributed by atoms with Gasteiger partial charge < -0.3 is 14.6 Å². The quantitative estimate of drug-likeness (QED) is 0.109. The Morgan fingerprint density at radius 1 is 1.02 bits per heavy atom. The van der Waals surface area contributed by atoms with Crippen molar-refractivity contribution in [3.63, 3.8) is 0 Å². The van der Waals surface area contributed by atoms with E-state index in [-0.39, 0.29) is 11.1 Å². The largest absolute Gasteiger partial charge is 0.468 e. The zero-order valence-electron chi connectivity index (χ0n) is 25.5. The molecule has 3 aromatic heterocycles. The Bertz CT molecular complexity index is 2130. The van der Waals surface area contributed by atoms with Gasteiger partial charge in [-0.1, -0.05) is 53.4 Å². The maximum Gasteiger partial charge on any atom is 0.442 e. The summed E-state index contributed by atoms with van der Waals surface area (Å²) in [5.41, 5.74) is 2.86. The fourth-order valence-electron chi connectivity index (χ4n) is 4.72. The highest BCUT2D eigenvalue weighted by Gasteiger charge is 2.36. The molecule has 11 nitrogen and oxygen atoms in total. The molecule has 6 aromatic rings. The summed E-state index contributed by atoms with van der Waals surface area (Å²) in [7, 11) is -1.41. The van der Waals surface area contributed by atoms with Gasteiger partial charge in [0.2, 0.25) is 0 Å². The van der Waals surface area contributed by atoms with Gasteiger partial charge in [0.05, 0.1) is 39.8 Å². The molecule has 47 heavy (non-hydrogen) atoms. The molecule has 0 bridgehead atoms. The number of carbonyl (C=O) groups is 2. The summed E-state index contributed by atoms with van der Waals surface area (Å²) < 4.78 is 28.3. The van der Waals surface area contributed by atoms with Gasteiger partial charge >= 0.3 is 13.6 Å². The molecular formula is C33H29N6O5PS2. The highest BCUT2D eigenvalue weighted by molar-refractivity contribution is 7.99. The SMILES string of the molecule is CNC(=O)c1ccccc1Sc1ccc2c(/C=C/c3ccccn3)nn(P(=O)(N[C@@H](C)C(=O)OC)Oc3nc4ccccc4s3)c2c1. The Morgan fingerprint density at radius 3 is 2.57 bits per heavy atom. The highest BCUT2D eigenvalue weighted by Crippen LogP contribution is 2.49. The van der Waals surface area contributed by atoms with Crippen LogP contribution in [0.4, 0.5) is 0 Å². The molecule has 2 N–H and O–H groups in total. The van der Waals surface area contributed by atoms with E-state index in [0.29, 0.717) is 33.4 Å². The summed E-state index contributed by atoms with van der Waals surface area (Å²) in [5.74, 6) is -0.845. The lowest BCUT2D eigenvalue weighted by Crippen LogP contribution is -2.36. The molecule has 3 aromatic carbocycles. The van der Waals surface area contributed by atoms with Crippen molar-refractivity contribution in [3.05, 3.63) is 108 Å². The van der Waals surface area contributed by atoms with Gasteiger partial charge in [-0.2, -0.15) is 9.55 Å². The van der Waals surface area contributed by atoms with Crippen LogP contribution in [-0.4, -0.2) is 51.6 Å². The number of hydrogen-bond acceptors (Lipinski definition) is 10. The Kier molecular flexibility index (Phi) is 9.50. The summed E-state index contributed by atoms with van der Waals surface area (Å²) in [6, 6.07) is 24.9. The number of para-hydroxylation sites is 1. The third-order valence-corrected chi connectivity index (χ3v) is 11.0. The molecule has 238 valence electrons. The number of benzene rings is 3. The first-order valence-electron chi connectivity index (χ1n) is 14.4. The summed E-state index contributed by atoms with van der Waals surface area (Å²) in [4.78, 5) is 35.5. The van der Waals surface area contributed by atoms with Crippen LogP contribution in [0.2, 0.25) is 0 Å². The Morgan fingerprint density at radius 2 is 1.81 bits per heavy atom. The van der Waals surface area contributed by atoms with Crippen LogP contribution < -0.4 is 14.9 Å². The molecule has 0 saturated carbocycles. The number of pyridine rings is 1. The van der Waals surface area contributed by atoms with Gasteiger partial charge in [-0.05, 0) is 73.7 Å². The standard InChI is InChI=1S/C33H29N6O5PS2/c1-21(32(41)43-3)38-45(42,44-33-36-27-12-5-7-14-30(27)47-33)39-28-20-23(46-29-13-6-4-11-25(29)31(40)34-2)16-17-24(28)26(37-39)18-15-22-10-8-9-19-35-22/h4-21H,1-3H3,(H,34,40)(H,38,42)/b18-15+/t21-,45?/m0/s1. The smallest absolute Gasteiger partial charge is 0.442 e. The number of rotatable bonds is 11. The van der Waals surface area contributed by atoms with Gasteiger partial charge in [-0.25, -0.2) is 14.6 Å². The molecule has 3 heterocycles. The lowest BCUT2D eigenvalue weighted by Gasteiger charge is -2.22. The molecule has 0 saturated heterocycles. The van der Waals surface area contributed by atoms with Crippen LogP contribution in [-0.2, 0) is 14.1 Å². The van der Waals surface area contributed by atoms with E-state index in [1.807, 2.05) is 72.8 Å². The minimum Gasteiger partial charge on any atom is -0.468 e. The first-order valence-corrected chi connectivity index (χ1v) is 17.6. The summed E-state index contributed by atoms with van der Waals surface area (Å²) in [6.45, 7) is 1.53. The molecule has 14 heteroatoms. The van der Waals surface area contributed by atoms with Crippen molar-refractivity contribution < 1.29 is 23.4 Å². The van der Waals surface area contributed by atoms with Gasteiger partial charge in [-0.3, -0.25) is 14.6 Å². The number of methoxy groups -OCH3 is 1. The molecule has 0 spiro atoms. The first-order chi connectivity index (χ1) is 22.8. The zero-order valence-corrected chi connectivity index (χ0v) is 28.0. The summed E-state index contributed by atoms with van der Waals surface area (Å²) >= 11 is 2.60. The predicted octanol–water partition coefficient (Wildman–Crippen LogP) is 6.91. The van der Waals surface area contributed by atoms with Gasteiger partial charge in [0, 0.05) is 28.4 Å². The molecular weight excluding hydrogens is 656 g/mol. The average Bonchev–Trinajstić information content (AvgIpc) is 3.68. The molecule has 1 unspecified atom stereocenters. The van der Waals surface area contributed by atoms with Crippen molar-refractivity contribution in [1.29, 1.82) is 0 Å². The van der Waals surface area contributed by atoms with Gasteiger partial charge in [0.15, 0.2) is 0 Å². The number of fused-ring (bicyclic) bond motifs is 2. The number of nitrogens with zero attached hydrogens (tertiary/aromatic N) is 4. The second-order valence-electron chi connectivity index (χ2n) is 10.2. The van der Waals surface area contributed by atoms with E-state index in [4.69, 9.17) is 14.4 Å². The maximum atomic E-state index is 15.1. The number of nitrogens with one attached hydrogen (secondary N) is 2. The van der Waals surface area contributed by atoms with Crippen LogP contribution in [0.15, 0.2) is 101 Å². The van der Waals surface area contributed by atoms with Crippen LogP contribution in [0.1, 0.15) is 28.7 Å². The normalized spacial score (nSPS) is 13.4. The number of amides is 1. The van der Waals surface area contributed by atoms with E-state index in [9.17, 15) is 9.59 Å². The Hall–Kier alpha value is -4.81. The average molecular weight is 685 g/mol. The molecule has 0 aliphatic heterocycles. The summed E-state index contributed by atoms with van der Waals surface area (Å²) in [6.07, 6.45) is 5.27. The zero-order chi connectivity index (χ0) is 33.0. The molecule has 0 radical (unpaired) electrons. The highest BCUT2D eigenvalue weighted by atomic mass is 32.2. The number of ether oxygens (including phenoxy) is 1. The molecule has 0 aliphatic carbocycles. The van der Waals surface area contributed by atoms with E-state index < -0.39 is 19.7 Å².